The van der Waals surface area contributed by atoms with Crippen LogP contribution in [0.5, 0.6) is 0 Å². The van der Waals surface area contributed by atoms with Gasteiger partial charge in [0.1, 0.15) is 4.88 Å². The highest BCUT2D eigenvalue weighted by Gasteiger charge is 2.11. The van der Waals surface area contributed by atoms with Crippen LogP contribution in [0.2, 0.25) is 5.02 Å². The second-order valence-corrected chi connectivity index (χ2v) is 5.02. The van der Waals surface area contributed by atoms with E-state index in [0.717, 1.165) is 11.3 Å². The molecule has 2 aromatic rings. The minimum absolute atomic E-state index is 0.135. The average molecular weight is 297 g/mol. The number of hydrogen-bond donors (Lipinski definition) is 1. The SMILES string of the molecule is Cn1ncc(Cl)c1C=CC(=O)c1csc(C(=O)O)c1. The first kappa shape index (κ1) is 13.5. The summed E-state index contributed by atoms with van der Waals surface area (Å²) in [5, 5.41) is 14.7. The van der Waals surface area contributed by atoms with E-state index in [1.807, 2.05) is 0 Å². The van der Waals surface area contributed by atoms with E-state index >= 15 is 0 Å². The molecule has 98 valence electrons. The lowest BCUT2D eigenvalue weighted by Gasteiger charge is -1.94. The predicted octanol–water partition coefficient (Wildman–Crippen LogP) is 2.73. The van der Waals surface area contributed by atoms with E-state index in [0.29, 0.717) is 16.3 Å². The van der Waals surface area contributed by atoms with Crippen molar-refractivity contribution in [1.29, 1.82) is 0 Å². The van der Waals surface area contributed by atoms with Crippen LogP contribution >= 0.6 is 22.9 Å². The summed E-state index contributed by atoms with van der Waals surface area (Å²) in [4.78, 5) is 22.7. The summed E-state index contributed by atoms with van der Waals surface area (Å²) in [7, 11) is 1.71. The van der Waals surface area contributed by atoms with Gasteiger partial charge in [0, 0.05) is 18.0 Å². The van der Waals surface area contributed by atoms with Gasteiger partial charge in [0.05, 0.1) is 16.9 Å². The highest BCUT2D eigenvalue weighted by Crippen LogP contribution is 2.18. The summed E-state index contributed by atoms with van der Waals surface area (Å²) in [6.45, 7) is 0. The van der Waals surface area contributed by atoms with Crippen LogP contribution in [-0.4, -0.2) is 26.6 Å². The van der Waals surface area contributed by atoms with Crippen LogP contribution in [0, 0.1) is 0 Å². The Hall–Kier alpha value is -1.92. The Labute approximate surface area is 117 Å². The van der Waals surface area contributed by atoms with Crippen molar-refractivity contribution in [2.75, 3.05) is 0 Å². The summed E-state index contributed by atoms with van der Waals surface area (Å²) in [6, 6.07) is 1.35. The zero-order valence-corrected chi connectivity index (χ0v) is 11.4. The molecule has 0 aliphatic rings. The molecule has 5 nitrogen and oxygen atoms in total. The third-order valence-electron chi connectivity index (χ3n) is 2.42. The Kier molecular flexibility index (Phi) is 3.82. The molecule has 19 heavy (non-hydrogen) atoms. The molecule has 0 aliphatic carbocycles. The second kappa shape index (κ2) is 5.38. The van der Waals surface area contributed by atoms with Crippen LogP contribution in [0.3, 0.4) is 0 Å². The van der Waals surface area contributed by atoms with E-state index in [2.05, 4.69) is 5.10 Å². The lowest BCUT2D eigenvalue weighted by molar-refractivity contribution is 0.0702. The maximum Gasteiger partial charge on any atom is 0.345 e. The fourth-order valence-corrected chi connectivity index (χ4v) is 2.40. The number of halogens is 1. The number of aromatic carboxylic acids is 1. The molecule has 0 fully saturated rings. The predicted molar refractivity (Wildman–Crippen MR) is 72.9 cm³/mol. The van der Waals surface area contributed by atoms with Crippen molar-refractivity contribution in [3.8, 4) is 0 Å². The normalized spacial score (nSPS) is 11.1. The molecule has 0 saturated carbocycles. The maximum atomic E-state index is 11.9. The maximum absolute atomic E-state index is 11.9. The molecule has 2 aromatic heterocycles. The Morgan fingerprint density at radius 2 is 2.26 bits per heavy atom. The fraction of sp³-hybridized carbons (Fsp3) is 0.0833. The Morgan fingerprint density at radius 3 is 2.79 bits per heavy atom. The van der Waals surface area contributed by atoms with Crippen molar-refractivity contribution >= 4 is 40.8 Å². The number of carboxylic acids is 1. The zero-order valence-electron chi connectivity index (χ0n) is 9.83. The molecule has 0 bridgehead atoms. The number of hydrogen-bond acceptors (Lipinski definition) is 4. The largest absolute Gasteiger partial charge is 0.477 e. The lowest BCUT2D eigenvalue weighted by atomic mass is 10.2. The van der Waals surface area contributed by atoms with Crippen molar-refractivity contribution in [1.82, 2.24) is 9.78 Å². The molecule has 0 radical (unpaired) electrons. The molecule has 0 atom stereocenters. The van der Waals surface area contributed by atoms with Gasteiger partial charge in [-0.15, -0.1) is 11.3 Å². The number of aromatic nitrogens is 2. The minimum atomic E-state index is -1.04. The summed E-state index contributed by atoms with van der Waals surface area (Å²) in [5.41, 5.74) is 0.959. The molecule has 0 unspecified atom stereocenters. The molecule has 0 spiro atoms. The quantitative estimate of drug-likeness (QED) is 0.695. The van der Waals surface area contributed by atoms with E-state index in [-0.39, 0.29) is 10.7 Å². The number of aryl methyl sites for hydroxylation is 1. The van der Waals surface area contributed by atoms with E-state index in [9.17, 15) is 9.59 Å². The van der Waals surface area contributed by atoms with Gasteiger partial charge in [0.15, 0.2) is 5.78 Å². The smallest absolute Gasteiger partial charge is 0.345 e. The van der Waals surface area contributed by atoms with Crippen LogP contribution in [0.15, 0.2) is 23.7 Å². The Balaban J connectivity index is 2.19. The number of nitrogens with zero attached hydrogens (tertiary/aromatic N) is 2. The third kappa shape index (κ3) is 2.91. The molecule has 2 heterocycles. The van der Waals surface area contributed by atoms with Gasteiger partial charge >= 0.3 is 5.97 Å². The second-order valence-electron chi connectivity index (χ2n) is 3.70. The number of carbonyl (C=O) groups excluding carboxylic acids is 1. The van der Waals surface area contributed by atoms with E-state index in [1.165, 1.54) is 23.7 Å². The van der Waals surface area contributed by atoms with E-state index in [1.54, 1.807) is 17.8 Å². The molecular formula is C12H9ClN2O3S. The van der Waals surface area contributed by atoms with Crippen molar-refractivity contribution in [2.24, 2.45) is 7.05 Å². The first-order chi connectivity index (χ1) is 8.99. The minimum Gasteiger partial charge on any atom is -0.477 e. The van der Waals surface area contributed by atoms with Crippen LogP contribution in [0.4, 0.5) is 0 Å². The molecule has 0 aromatic carbocycles. The summed E-state index contributed by atoms with van der Waals surface area (Å²) in [6.07, 6.45) is 4.38. The molecule has 0 aliphatic heterocycles. The van der Waals surface area contributed by atoms with E-state index in [4.69, 9.17) is 16.7 Å². The number of carboxylic acid groups (broad SMARTS) is 1. The fourth-order valence-electron chi connectivity index (χ4n) is 1.44. The van der Waals surface area contributed by atoms with Gasteiger partial charge in [-0.1, -0.05) is 11.6 Å². The van der Waals surface area contributed by atoms with Crippen molar-refractivity contribution < 1.29 is 14.7 Å². The zero-order chi connectivity index (χ0) is 14.0. The lowest BCUT2D eigenvalue weighted by Crippen LogP contribution is -1.96. The first-order valence-corrected chi connectivity index (χ1v) is 6.46. The molecule has 2 rings (SSSR count). The molecule has 7 heteroatoms. The van der Waals surface area contributed by atoms with Crippen LogP contribution < -0.4 is 0 Å². The summed E-state index contributed by atoms with van der Waals surface area (Å²) >= 11 is 6.92. The van der Waals surface area contributed by atoms with Crippen molar-refractivity contribution in [3.05, 3.63) is 44.9 Å². The van der Waals surface area contributed by atoms with Gasteiger partial charge < -0.3 is 5.11 Å². The topological polar surface area (TPSA) is 72.2 Å². The van der Waals surface area contributed by atoms with Crippen LogP contribution in [-0.2, 0) is 7.05 Å². The number of allylic oxidation sites excluding steroid dienone is 1. The van der Waals surface area contributed by atoms with Crippen molar-refractivity contribution in [3.63, 3.8) is 0 Å². The third-order valence-corrected chi connectivity index (χ3v) is 3.63. The van der Waals surface area contributed by atoms with Crippen molar-refractivity contribution in [2.45, 2.75) is 0 Å². The average Bonchev–Trinajstić information content (AvgIpc) is 2.95. The summed E-state index contributed by atoms with van der Waals surface area (Å²) in [5.74, 6) is -1.32. The highest BCUT2D eigenvalue weighted by molar-refractivity contribution is 7.12. The van der Waals surface area contributed by atoms with Crippen LogP contribution in [0.25, 0.3) is 6.08 Å². The molecule has 1 N–H and O–H groups in total. The van der Waals surface area contributed by atoms with Crippen LogP contribution in [0.1, 0.15) is 25.7 Å². The van der Waals surface area contributed by atoms with E-state index < -0.39 is 5.97 Å². The number of ketones is 1. The van der Waals surface area contributed by atoms with Gasteiger partial charge in [-0.25, -0.2) is 4.79 Å². The van der Waals surface area contributed by atoms with Gasteiger partial charge in [-0.3, -0.25) is 9.48 Å². The van der Waals surface area contributed by atoms with Gasteiger partial charge in [-0.05, 0) is 18.2 Å². The highest BCUT2D eigenvalue weighted by atomic mass is 35.5. The monoisotopic (exact) mass is 296 g/mol. The Bertz CT molecular complexity index is 653. The molecule has 0 amide bonds. The molecular weight excluding hydrogens is 288 g/mol. The van der Waals surface area contributed by atoms with Gasteiger partial charge in [0.25, 0.3) is 0 Å². The first-order valence-electron chi connectivity index (χ1n) is 5.21. The van der Waals surface area contributed by atoms with Gasteiger partial charge in [-0.2, -0.15) is 5.10 Å². The molecule has 0 saturated heterocycles. The standard InChI is InChI=1S/C12H9ClN2O3S/c1-15-9(8(13)5-14-15)2-3-10(16)7-4-11(12(17)18)19-6-7/h2-6H,1H3,(H,17,18). The Morgan fingerprint density at radius 1 is 1.53 bits per heavy atom. The van der Waals surface area contributed by atoms with Gasteiger partial charge in [0.2, 0.25) is 0 Å². The number of rotatable bonds is 4. The summed E-state index contributed by atoms with van der Waals surface area (Å²) < 4.78 is 1.54. The number of carbonyl (C=O) groups is 2. The number of thiophene rings is 1.